The molecule has 0 bridgehead atoms. The smallest absolute Gasteiger partial charge is 0.227 e. The van der Waals surface area contributed by atoms with Gasteiger partial charge >= 0.3 is 0 Å². The van der Waals surface area contributed by atoms with Crippen LogP contribution in [-0.4, -0.2) is 33.0 Å². The number of amides is 1. The first kappa shape index (κ1) is 17.7. The van der Waals surface area contributed by atoms with E-state index in [1.54, 1.807) is 43.4 Å². The van der Waals surface area contributed by atoms with Crippen LogP contribution in [-0.2, 0) is 17.8 Å². The molecule has 0 aliphatic carbocycles. The number of rotatable bonds is 6. The van der Waals surface area contributed by atoms with E-state index in [1.165, 1.54) is 6.07 Å². The highest BCUT2D eigenvalue weighted by Gasteiger charge is 2.14. The Morgan fingerprint density at radius 1 is 1.31 bits per heavy atom. The molecule has 0 aliphatic rings. The molecule has 2 heterocycles. The van der Waals surface area contributed by atoms with Gasteiger partial charge in [0.1, 0.15) is 5.82 Å². The lowest BCUT2D eigenvalue weighted by Gasteiger charge is -2.16. The molecule has 134 valence electrons. The molecule has 3 aromatic rings. The first-order valence-corrected chi connectivity index (χ1v) is 8.25. The third kappa shape index (κ3) is 4.30. The average molecular weight is 354 g/mol. The van der Waals surface area contributed by atoms with Crippen LogP contribution in [0.1, 0.15) is 23.4 Å². The van der Waals surface area contributed by atoms with Gasteiger partial charge in [-0.25, -0.2) is 4.39 Å². The number of hydrogen-bond acceptors (Lipinski definition) is 5. The van der Waals surface area contributed by atoms with Crippen LogP contribution in [0.4, 0.5) is 4.39 Å². The first-order valence-electron chi connectivity index (χ1n) is 8.25. The third-order valence-corrected chi connectivity index (χ3v) is 4.02. The van der Waals surface area contributed by atoms with Crippen LogP contribution in [0.3, 0.4) is 0 Å². The highest BCUT2D eigenvalue weighted by atomic mass is 19.1. The largest absolute Gasteiger partial charge is 0.341 e. The molecule has 7 heteroatoms. The van der Waals surface area contributed by atoms with E-state index in [2.05, 4.69) is 15.1 Å². The van der Waals surface area contributed by atoms with Gasteiger partial charge < -0.3 is 9.42 Å². The van der Waals surface area contributed by atoms with Crippen LogP contribution >= 0.6 is 0 Å². The van der Waals surface area contributed by atoms with Crippen LogP contribution in [0.25, 0.3) is 11.4 Å². The van der Waals surface area contributed by atoms with Gasteiger partial charge in [-0.05, 0) is 30.2 Å². The normalized spacial score (nSPS) is 10.7. The van der Waals surface area contributed by atoms with Gasteiger partial charge in [-0.3, -0.25) is 9.78 Å². The van der Waals surface area contributed by atoms with Crippen LogP contribution < -0.4 is 0 Å². The SMILES string of the molecule is Cc1ccc(-c2noc(CCC(=O)N(C)Cc3cccnc3)n2)cc1F. The van der Waals surface area contributed by atoms with Gasteiger partial charge in [-0.1, -0.05) is 23.4 Å². The second-order valence-corrected chi connectivity index (χ2v) is 6.09. The Kier molecular flexibility index (Phi) is 5.36. The van der Waals surface area contributed by atoms with Crippen molar-refractivity contribution in [1.29, 1.82) is 0 Å². The van der Waals surface area contributed by atoms with Gasteiger partial charge in [0.25, 0.3) is 0 Å². The molecule has 0 unspecified atom stereocenters. The van der Waals surface area contributed by atoms with Crippen molar-refractivity contribution in [3.05, 3.63) is 65.6 Å². The van der Waals surface area contributed by atoms with Crippen molar-refractivity contribution in [3.8, 4) is 11.4 Å². The topological polar surface area (TPSA) is 72.1 Å². The Balaban J connectivity index is 1.57. The highest BCUT2D eigenvalue weighted by molar-refractivity contribution is 5.76. The monoisotopic (exact) mass is 354 g/mol. The van der Waals surface area contributed by atoms with Crippen LogP contribution in [0.15, 0.2) is 47.2 Å². The number of halogens is 1. The number of nitrogens with zero attached hydrogens (tertiary/aromatic N) is 4. The number of aromatic nitrogens is 3. The van der Waals surface area contributed by atoms with E-state index in [-0.39, 0.29) is 18.1 Å². The zero-order valence-corrected chi connectivity index (χ0v) is 14.6. The highest BCUT2D eigenvalue weighted by Crippen LogP contribution is 2.19. The van der Waals surface area contributed by atoms with E-state index < -0.39 is 0 Å². The Morgan fingerprint density at radius 3 is 2.88 bits per heavy atom. The molecule has 0 atom stereocenters. The molecule has 3 rings (SSSR count). The van der Waals surface area contributed by atoms with E-state index in [0.29, 0.717) is 35.8 Å². The minimum Gasteiger partial charge on any atom is -0.341 e. The van der Waals surface area contributed by atoms with Gasteiger partial charge in [-0.15, -0.1) is 0 Å². The van der Waals surface area contributed by atoms with Gasteiger partial charge in [0.2, 0.25) is 17.6 Å². The number of aryl methyl sites for hydroxylation is 2. The standard InChI is InChI=1S/C19H19FN4O2/c1-13-5-6-15(10-16(13)20)19-22-17(26-23-19)7-8-18(25)24(2)12-14-4-3-9-21-11-14/h3-6,9-11H,7-8,12H2,1-2H3. The minimum absolute atomic E-state index is 0.0324. The van der Waals surface area contributed by atoms with Crippen LogP contribution in [0.2, 0.25) is 0 Å². The van der Waals surface area contributed by atoms with Gasteiger partial charge in [0, 0.05) is 44.4 Å². The van der Waals surface area contributed by atoms with Crippen molar-refractivity contribution < 1.29 is 13.7 Å². The van der Waals surface area contributed by atoms with Crippen molar-refractivity contribution in [2.75, 3.05) is 7.05 Å². The summed E-state index contributed by atoms with van der Waals surface area (Å²) in [5.41, 5.74) is 2.06. The minimum atomic E-state index is -0.318. The van der Waals surface area contributed by atoms with Crippen molar-refractivity contribution in [3.63, 3.8) is 0 Å². The van der Waals surface area contributed by atoms with Gasteiger partial charge in [0.15, 0.2) is 0 Å². The summed E-state index contributed by atoms with van der Waals surface area (Å²) in [5, 5.41) is 3.86. The molecular formula is C19H19FN4O2. The fourth-order valence-corrected chi connectivity index (χ4v) is 2.46. The molecule has 26 heavy (non-hydrogen) atoms. The van der Waals surface area contributed by atoms with Crippen molar-refractivity contribution in [2.45, 2.75) is 26.3 Å². The maximum absolute atomic E-state index is 13.7. The zero-order chi connectivity index (χ0) is 18.5. The van der Waals surface area contributed by atoms with Crippen LogP contribution in [0, 0.1) is 12.7 Å². The molecule has 0 N–H and O–H groups in total. The average Bonchev–Trinajstić information content (AvgIpc) is 3.12. The fourth-order valence-electron chi connectivity index (χ4n) is 2.46. The predicted octanol–water partition coefficient (Wildman–Crippen LogP) is 3.17. The molecule has 2 aromatic heterocycles. The molecule has 0 spiro atoms. The van der Waals surface area contributed by atoms with E-state index in [0.717, 1.165) is 5.56 Å². The van der Waals surface area contributed by atoms with Crippen molar-refractivity contribution >= 4 is 5.91 Å². The molecule has 0 saturated heterocycles. The number of carbonyl (C=O) groups excluding carboxylic acids is 1. The summed E-state index contributed by atoms with van der Waals surface area (Å²) in [6, 6.07) is 8.53. The second-order valence-electron chi connectivity index (χ2n) is 6.09. The fraction of sp³-hybridized carbons (Fsp3) is 0.263. The zero-order valence-electron chi connectivity index (χ0n) is 14.6. The van der Waals surface area contributed by atoms with E-state index >= 15 is 0 Å². The Bertz CT molecular complexity index is 896. The molecule has 1 amide bonds. The lowest BCUT2D eigenvalue weighted by Crippen LogP contribution is -2.26. The van der Waals surface area contributed by atoms with Gasteiger partial charge in [0.05, 0.1) is 0 Å². The summed E-state index contributed by atoms with van der Waals surface area (Å²) in [7, 11) is 1.74. The Hall–Kier alpha value is -3.09. The Labute approximate surface area is 150 Å². The lowest BCUT2D eigenvalue weighted by atomic mass is 10.1. The summed E-state index contributed by atoms with van der Waals surface area (Å²) < 4.78 is 18.8. The van der Waals surface area contributed by atoms with E-state index in [9.17, 15) is 9.18 Å². The van der Waals surface area contributed by atoms with Crippen LogP contribution in [0.5, 0.6) is 0 Å². The number of carbonyl (C=O) groups is 1. The number of pyridine rings is 1. The molecular weight excluding hydrogens is 335 g/mol. The molecule has 0 radical (unpaired) electrons. The van der Waals surface area contributed by atoms with Crippen molar-refractivity contribution in [1.82, 2.24) is 20.0 Å². The first-order chi connectivity index (χ1) is 12.5. The molecule has 6 nitrogen and oxygen atoms in total. The molecule has 1 aromatic carbocycles. The van der Waals surface area contributed by atoms with E-state index in [1.807, 2.05) is 12.1 Å². The van der Waals surface area contributed by atoms with E-state index in [4.69, 9.17) is 4.52 Å². The second kappa shape index (κ2) is 7.86. The number of hydrogen-bond donors (Lipinski definition) is 0. The summed E-state index contributed by atoms with van der Waals surface area (Å²) in [6.45, 7) is 2.18. The third-order valence-electron chi connectivity index (χ3n) is 4.02. The van der Waals surface area contributed by atoms with Crippen molar-refractivity contribution in [2.24, 2.45) is 0 Å². The predicted molar refractivity (Wildman–Crippen MR) is 93.5 cm³/mol. The molecule has 0 aliphatic heterocycles. The maximum Gasteiger partial charge on any atom is 0.227 e. The lowest BCUT2D eigenvalue weighted by molar-refractivity contribution is -0.130. The summed E-state index contributed by atoms with van der Waals surface area (Å²) in [4.78, 5) is 22.2. The molecule has 0 saturated carbocycles. The summed E-state index contributed by atoms with van der Waals surface area (Å²) >= 11 is 0. The quantitative estimate of drug-likeness (QED) is 0.680. The summed E-state index contributed by atoms with van der Waals surface area (Å²) in [5.74, 6) is 0.315. The summed E-state index contributed by atoms with van der Waals surface area (Å²) in [6.07, 6.45) is 4.01. The number of benzene rings is 1. The maximum atomic E-state index is 13.7. The Morgan fingerprint density at radius 2 is 2.15 bits per heavy atom. The van der Waals surface area contributed by atoms with Gasteiger partial charge in [-0.2, -0.15) is 4.98 Å². The molecule has 0 fully saturated rings.